The quantitative estimate of drug-likeness (QED) is 0.639. The van der Waals surface area contributed by atoms with Gasteiger partial charge in [0.1, 0.15) is 17.2 Å². The number of nitrogens with zero attached hydrogens (tertiary/aromatic N) is 4. The van der Waals surface area contributed by atoms with E-state index in [1.54, 1.807) is 6.20 Å². The molecular weight excluding hydrogens is 392 g/mol. The predicted molar refractivity (Wildman–Crippen MR) is 109 cm³/mol. The summed E-state index contributed by atoms with van der Waals surface area (Å²) in [5.74, 6) is 1.68. The van der Waals surface area contributed by atoms with Crippen LogP contribution in [-0.2, 0) is 4.74 Å². The molecule has 3 aromatic rings. The van der Waals surface area contributed by atoms with Crippen LogP contribution in [0.15, 0.2) is 40.9 Å². The molecule has 1 aliphatic heterocycles. The van der Waals surface area contributed by atoms with Gasteiger partial charge in [0.2, 0.25) is 5.13 Å². The maximum absolute atomic E-state index is 12.4. The van der Waals surface area contributed by atoms with E-state index in [9.17, 15) is 4.79 Å². The molecule has 1 atom stereocenters. The summed E-state index contributed by atoms with van der Waals surface area (Å²) in [6.45, 7) is 5.24. The Balaban J connectivity index is 1.37. The van der Waals surface area contributed by atoms with Crippen molar-refractivity contribution in [3.05, 3.63) is 48.0 Å². The number of nitrogens with one attached hydrogen (secondary N) is 2. The van der Waals surface area contributed by atoms with Gasteiger partial charge < -0.3 is 14.5 Å². The number of rotatable bonds is 6. The Morgan fingerprint density at radius 2 is 2.10 bits per heavy atom. The molecule has 2 N–H and O–H groups in total. The minimum atomic E-state index is -0.338. The smallest absolute Gasteiger partial charge is 0.321 e. The monoisotopic (exact) mass is 414 g/mol. The first-order valence-electron chi connectivity index (χ1n) is 9.37. The number of anilines is 1. The van der Waals surface area contributed by atoms with Crippen molar-refractivity contribution in [1.29, 1.82) is 0 Å². The van der Waals surface area contributed by atoms with Crippen molar-refractivity contribution >= 4 is 22.5 Å². The summed E-state index contributed by atoms with van der Waals surface area (Å²) in [5, 5.41) is 14.8. The van der Waals surface area contributed by atoms with Crippen molar-refractivity contribution in [2.45, 2.75) is 13.0 Å². The van der Waals surface area contributed by atoms with Gasteiger partial charge in [-0.05, 0) is 31.2 Å². The van der Waals surface area contributed by atoms with E-state index < -0.39 is 0 Å². The number of hydrogen-bond donors (Lipinski definition) is 2. The Hall–Kier alpha value is -2.82. The fraction of sp³-hybridized carbons (Fsp3) is 0.368. The highest BCUT2D eigenvalue weighted by atomic mass is 32.1. The Kier molecular flexibility index (Phi) is 6.13. The zero-order valence-corrected chi connectivity index (χ0v) is 16.8. The fourth-order valence-corrected chi connectivity index (χ4v) is 3.84. The van der Waals surface area contributed by atoms with E-state index in [1.165, 1.54) is 11.3 Å². The summed E-state index contributed by atoms with van der Waals surface area (Å²) in [4.78, 5) is 18.9. The zero-order valence-electron chi connectivity index (χ0n) is 16.0. The zero-order chi connectivity index (χ0) is 20.1. The van der Waals surface area contributed by atoms with E-state index in [0.29, 0.717) is 29.9 Å². The number of urea groups is 1. The van der Waals surface area contributed by atoms with Gasteiger partial charge in [-0.3, -0.25) is 15.2 Å². The molecule has 3 aromatic heterocycles. The van der Waals surface area contributed by atoms with Crippen LogP contribution < -0.4 is 10.6 Å². The number of furan rings is 1. The normalized spacial score (nSPS) is 15.8. The Morgan fingerprint density at radius 3 is 2.83 bits per heavy atom. The summed E-state index contributed by atoms with van der Waals surface area (Å²) >= 11 is 1.27. The highest BCUT2D eigenvalue weighted by Crippen LogP contribution is 2.25. The number of aryl methyl sites for hydroxylation is 1. The molecule has 0 unspecified atom stereocenters. The predicted octanol–water partition coefficient (Wildman–Crippen LogP) is 2.70. The maximum Gasteiger partial charge on any atom is 0.321 e. The molecule has 4 heterocycles. The maximum atomic E-state index is 12.4. The minimum Gasteiger partial charge on any atom is -0.465 e. The van der Waals surface area contributed by atoms with Gasteiger partial charge in [0, 0.05) is 25.8 Å². The van der Waals surface area contributed by atoms with Crippen LogP contribution in [0, 0.1) is 6.92 Å². The van der Waals surface area contributed by atoms with Gasteiger partial charge in [0.25, 0.3) is 0 Å². The molecule has 1 fully saturated rings. The first-order chi connectivity index (χ1) is 14.2. The molecular formula is C19H22N6O3S. The molecule has 0 radical (unpaired) electrons. The van der Waals surface area contributed by atoms with Gasteiger partial charge in [-0.15, -0.1) is 10.2 Å². The van der Waals surface area contributed by atoms with Crippen LogP contribution in [0.1, 0.15) is 17.6 Å². The number of hydrogen-bond acceptors (Lipinski definition) is 8. The number of ether oxygens (including phenoxy) is 1. The van der Waals surface area contributed by atoms with Gasteiger partial charge in [-0.25, -0.2) is 4.79 Å². The van der Waals surface area contributed by atoms with Gasteiger partial charge in [-0.1, -0.05) is 17.4 Å². The summed E-state index contributed by atoms with van der Waals surface area (Å²) in [6.07, 6.45) is 1.69. The third-order valence-electron chi connectivity index (χ3n) is 4.56. The number of aromatic nitrogens is 3. The van der Waals surface area contributed by atoms with Crippen LogP contribution in [0.3, 0.4) is 0 Å². The SMILES string of the molecule is Cc1ccc([C@@H](CNC(=O)Nc2nnc(-c3ccccn3)s2)N2CCOCC2)o1. The standard InChI is InChI=1S/C19H22N6O3S/c1-13-5-6-16(28-13)15(25-8-10-27-11-9-25)12-21-18(26)22-19-24-23-17(29-19)14-4-2-3-7-20-14/h2-7,15H,8-12H2,1H3,(H2,21,22,24,26)/t15-/m1/s1. The van der Waals surface area contributed by atoms with Crippen LogP contribution in [0.25, 0.3) is 10.7 Å². The number of morpholine rings is 1. The summed E-state index contributed by atoms with van der Waals surface area (Å²) in [6, 6.07) is 9.06. The van der Waals surface area contributed by atoms with Crippen LogP contribution in [0.5, 0.6) is 0 Å². The molecule has 1 aliphatic rings. The third kappa shape index (κ3) is 4.97. The van der Waals surface area contributed by atoms with E-state index in [1.807, 2.05) is 37.3 Å². The summed E-state index contributed by atoms with van der Waals surface area (Å²) in [5.41, 5.74) is 0.721. The second-order valence-electron chi connectivity index (χ2n) is 6.57. The number of carbonyl (C=O) groups excluding carboxylic acids is 1. The molecule has 0 aromatic carbocycles. The average molecular weight is 414 g/mol. The van der Waals surface area contributed by atoms with E-state index in [0.717, 1.165) is 30.3 Å². The number of pyridine rings is 1. The van der Waals surface area contributed by atoms with Crippen LogP contribution >= 0.6 is 11.3 Å². The average Bonchev–Trinajstić information content (AvgIpc) is 3.39. The fourth-order valence-electron chi connectivity index (χ4n) is 3.13. The van der Waals surface area contributed by atoms with Crippen molar-refractivity contribution in [2.24, 2.45) is 0 Å². The lowest BCUT2D eigenvalue weighted by Gasteiger charge is -2.33. The highest BCUT2D eigenvalue weighted by Gasteiger charge is 2.25. The van der Waals surface area contributed by atoms with Gasteiger partial charge in [-0.2, -0.15) is 0 Å². The lowest BCUT2D eigenvalue weighted by Crippen LogP contribution is -2.44. The van der Waals surface area contributed by atoms with E-state index in [4.69, 9.17) is 9.15 Å². The second-order valence-corrected chi connectivity index (χ2v) is 7.55. The molecule has 0 bridgehead atoms. The Morgan fingerprint density at radius 1 is 1.24 bits per heavy atom. The van der Waals surface area contributed by atoms with Crippen molar-refractivity contribution in [3.63, 3.8) is 0 Å². The summed E-state index contributed by atoms with van der Waals surface area (Å²) in [7, 11) is 0. The van der Waals surface area contributed by atoms with E-state index >= 15 is 0 Å². The van der Waals surface area contributed by atoms with Crippen LogP contribution in [0.2, 0.25) is 0 Å². The molecule has 9 nitrogen and oxygen atoms in total. The first kappa shape index (κ1) is 19.5. The van der Waals surface area contributed by atoms with Gasteiger partial charge in [0.15, 0.2) is 5.01 Å². The lowest BCUT2D eigenvalue weighted by molar-refractivity contribution is 0.0122. The molecule has 1 saturated heterocycles. The molecule has 0 spiro atoms. The molecule has 152 valence electrons. The highest BCUT2D eigenvalue weighted by molar-refractivity contribution is 7.18. The van der Waals surface area contributed by atoms with Gasteiger partial charge in [0.05, 0.1) is 19.3 Å². The molecule has 0 saturated carbocycles. The molecule has 29 heavy (non-hydrogen) atoms. The molecule has 4 rings (SSSR count). The largest absolute Gasteiger partial charge is 0.465 e. The topological polar surface area (TPSA) is 105 Å². The third-order valence-corrected chi connectivity index (χ3v) is 5.42. The number of carbonyl (C=O) groups is 1. The minimum absolute atomic E-state index is 0.0585. The Bertz CT molecular complexity index is 938. The Labute approximate surface area is 172 Å². The lowest BCUT2D eigenvalue weighted by atomic mass is 10.1. The molecule has 10 heteroatoms. The van der Waals surface area contributed by atoms with E-state index in [-0.39, 0.29) is 12.1 Å². The van der Waals surface area contributed by atoms with Crippen molar-refractivity contribution in [3.8, 4) is 10.7 Å². The van der Waals surface area contributed by atoms with Crippen molar-refractivity contribution in [2.75, 3.05) is 38.2 Å². The van der Waals surface area contributed by atoms with Crippen LogP contribution in [-0.4, -0.2) is 59.0 Å². The van der Waals surface area contributed by atoms with E-state index in [2.05, 4.69) is 30.7 Å². The summed E-state index contributed by atoms with van der Waals surface area (Å²) < 4.78 is 11.3. The molecule has 0 aliphatic carbocycles. The first-order valence-corrected chi connectivity index (χ1v) is 10.2. The number of amides is 2. The van der Waals surface area contributed by atoms with Crippen molar-refractivity contribution < 1.29 is 13.9 Å². The van der Waals surface area contributed by atoms with Crippen molar-refractivity contribution in [1.82, 2.24) is 25.4 Å². The molecule has 2 amide bonds. The van der Waals surface area contributed by atoms with Gasteiger partial charge >= 0.3 is 6.03 Å². The van der Waals surface area contributed by atoms with Crippen LogP contribution in [0.4, 0.5) is 9.93 Å². The second kappa shape index (κ2) is 9.12.